The third-order valence-electron chi connectivity index (χ3n) is 2.68. The first-order valence-electron chi connectivity index (χ1n) is 5.84. The van der Waals surface area contributed by atoms with E-state index in [1.165, 1.54) is 35.2 Å². The van der Waals surface area contributed by atoms with Gasteiger partial charge in [0.1, 0.15) is 10.7 Å². The van der Waals surface area contributed by atoms with Gasteiger partial charge in [0.15, 0.2) is 5.76 Å². The number of rotatable bonds is 4. The average Bonchev–Trinajstić information content (AvgIpc) is 2.91. The van der Waals surface area contributed by atoms with Gasteiger partial charge in [0.2, 0.25) is 0 Å². The molecule has 0 fully saturated rings. The molecule has 0 unspecified atom stereocenters. The van der Waals surface area contributed by atoms with Gasteiger partial charge in [0.05, 0.1) is 6.07 Å². The van der Waals surface area contributed by atoms with E-state index in [1.54, 1.807) is 6.92 Å². The molecule has 0 N–H and O–H groups in total. The number of benzene rings is 1. The van der Waals surface area contributed by atoms with Crippen LogP contribution in [0.3, 0.4) is 0 Å². The zero-order valence-corrected chi connectivity index (χ0v) is 10.6. The first-order valence-corrected chi connectivity index (χ1v) is 5.84. The smallest absolute Gasteiger partial charge is 0.395 e. The third kappa shape index (κ3) is 2.66. The highest BCUT2D eigenvalue weighted by molar-refractivity contribution is 6.04. The number of carbonyl (C=O) groups is 1. The van der Waals surface area contributed by atoms with E-state index in [0.717, 1.165) is 6.07 Å². The summed E-state index contributed by atoms with van der Waals surface area (Å²) in [6, 6.07) is 7.73. The molecule has 0 radical (unpaired) electrons. The molecular weight excluding hydrogens is 267 g/mol. The summed E-state index contributed by atoms with van der Waals surface area (Å²) in [6.45, 7) is 2.05. The molecule has 0 saturated heterocycles. The summed E-state index contributed by atoms with van der Waals surface area (Å²) in [4.78, 5) is 23.4. The highest BCUT2D eigenvalue weighted by Gasteiger charge is 2.22. The molecule has 1 heterocycles. The van der Waals surface area contributed by atoms with Gasteiger partial charge < -0.3 is 9.32 Å². The minimum absolute atomic E-state index is 0.136. The molecular formula is C13H11FN2O4. The van der Waals surface area contributed by atoms with Crippen molar-refractivity contribution in [2.24, 2.45) is 0 Å². The minimum Gasteiger partial charge on any atom is -0.395 e. The van der Waals surface area contributed by atoms with Gasteiger partial charge in [-0.15, -0.1) is 0 Å². The fourth-order valence-corrected chi connectivity index (χ4v) is 1.74. The maximum Gasteiger partial charge on any atom is 0.433 e. The van der Waals surface area contributed by atoms with Crippen LogP contribution in [0, 0.1) is 15.9 Å². The zero-order chi connectivity index (χ0) is 14.7. The van der Waals surface area contributed by atoms with E-state index in [4.69, 9.17) is 4.42 Å². The lowest BCUT2D eigenvalue weighted by Gasteiger charge is -2.19. The number of furan rings is 1. The van der Waals surface area contributed by atoms with Crippen LogP contribution in [-0.2, 0) is 0 Å². The van der Waals surface area contributed by atoms with Gasteiger partial charge in [0.25, 0.3) is 5.91 Å². The van der Waals surface area contributed by atoms with E-state index in [9.17, 15) is 19.3 Å². The number of hydrogen-bond donors (Lipinski definition) is 0. The van der Waals surface area contributed by atoms with E-state index in [0.29, 0.717) is 12.2 Å². The van der Waals surface area contributed by atoms with Crippen molar-refractivity contribution in [1.82, 2.24) is 0 Å². The molecule has 0 bridgehead atoms. The Hall–Kier alpha value is -2.70. The standard InChI is InChI=1S/C13H11FN2O4/c1-2-15(10-5-3-9(14)4-6-10)13(17)11-7-8-12(20-11)16(18)19/h3-8H,2H2,1H3. The Morgan fingerprint density at radius 3 is 2.45 bits per heavy atom. The number of hydrogen-bond acceptors (Lipinski definition) is 4. The number of amides is 1. The molecule has 7 heteroatoms. The molecule has 2 rings (SSSR count). The molecule has 0 aliphatic heterocycles. The number of halogens is 1. The quantitative estimate of drug-likeness (QED) is 0.636. The van der Waals surface area contributed by atoms with Crippen LogP contribution in [0.1, 0.15) is 17.5 Å². The molecule has 0 aliphatic carbocycles. The van der Waals surface area contributed by atoms with E-state index in [2.05, 4.69) is 0 Å². The maximum atomic E-state index is 12.9. The Labute approximate surface area is 113 Å². The number of carbonyl (C=O) groups excluding carboxylic acids is 1. The lowest BCUT2D eigenvalue weighted by molar-refractivity contribution is -0.402. The van der Waals surface area contributed by atoms with Crippen LogP contribution in [-0.4, -0.2) is 17.4 Å². The summed E-state index contributed by atoms with van der Waals surface area (Å²) < 4.78 is 17.7. The second-order valence-electron chi connectivity index (χ2n) is 3.92. The van der Waals surface area contributed by atoms with Crippen molar-refractivity contribution in [3.05, 3.63) is 58.1 Å². The number of nitrogens with zero attached hydrogens (tertiary/aromatic N) is 2. The Kier molecular flexibility index (Phi) is 3.79. The normalized spacial score (nSPS) is 10.3. The van der Waals surface area contributed by atoms with Crippen LogP contribution < -0.4 is 4.90 Å². The van der Waals surface area contributed by atoms with Crippen molar-refractivity contribution >= 4 is 17.5 Å². The molecule has 0 aliphatic rings. The van der Waals surface area contributed by atoms with Crippen molar-refractivity contribution in [2.45, 2.75) is 6.92 Å². The van der Waals surface area contributed by atoms with Crippen LogP contribution in [0.4, 0.5) is 16.0 Å². The predicted octanol–water partition coefficient (Wildman–Crippen LogP) is 2.99. The maximum absolute atomic E-state index is 12.9. The molecule has 1 aromatic heterocycles. The first-order chi connectivity index (χ1) is 9.52. The van der Waals surface area contributed by atoms with Crippen molar-refractivity contribution < 1.29 is 18.5 Å². The van der Waals surface area contributed by atoms with E-state index in [1.807, 2.05) is 0 Å². The molecule has 1 aromatic carbocycles. The summed E-state index contributed by atoms with van der Waals surface area (Å²) in [5, 5.41) is 10.5. The lowest BCUT2D eigenvalue weighted by Crippen LogP contribution is -2.30. The molecule has 0 spiro atoms. The highest BCUT2D eigenvalue weighted by atomic mass is 19.1. The molecule has 0 atom stereocenters. The number of anilines is 1. The molecule has 104 valence electrons. The van der Waals surface area contributed by atoms with Crippen LogP contribution in [0.25, 0.3) is 0 Å². The van der Waals surface area contributed by atoms with E-state index in [-0.39, 0.29) is 5.76 Å². The second-order valence-corrected chi connectivity index (χ2v) is 3.92. The monoisotopic (exact) mass is 278 g/mol. The zero-order valence-electron chi connectivity index (χ0n) is 10.6. The predicted molar refractivity (Wildman–Crippen MR) is 69.1 cm³/mol. The van der Waals surface area contributed by atoms with Gasteiger partial charge in [-0.25, -0.2) is 4.39 Å². The van der Waals surface area contributed by atoms with E-state index < -0.39 is 22.5 Å². The molecule has 6 nitrogen and oxygen atoms in total. The van der Waals surface area contributed by atoms with Gasteiger partial charge in [-0.1, -0.05) is 0 Å². The molecule has 0 saturated carbocycles. The summed E-state index contributed by atoms with van der Waals surface area (Å²) >= 11 is 0. The third-order valence-corrected chi connectivity index (χ3v) is 2.68. The fourth-order valence-electron chi connectivity index (χ4n) is 1.74. The van der Waals surface area contributed by atoms with Crippen LogP contribution in [0.5, 0.6) is 0 Å². The average molecular weight is 278 g/mol. The Bertz CT molecular complexity index is 636. The van der Waals surface area contributed by atoms with Crippen molar-refractivity contribution in [3.8, 4) is 0 Å². The highest BCUT2D eigenvalue weighted by Crippen LogP contribution is 2.21. The van der Waals surface area contributed by atoms with E-state index >= 15 is 0 Å². The molecule has 1 amide bonds. The molecule has 2 aromatic rings. The lowest BCUT2D eigenvalue weighted by atomic mass is 10.2. The van der Waals surface area contributed by atoms with Gasteiger partial charge in [0, 0.05) is 12.2 Å². The Morgan fingerprint density at radius 2 is 1.95 bits per heavy atom. The first kappa shape index (κ1) is 13.7. The Morgan fingerprint density at radius 1 is 1.30 bits per heavy atom. The van der Waals surface area contributed by atoms with Gasteiger partial charge in [-0.3, -0.25) is 14.9 Å². The van der Waals surface area contributed by atoms with Gasteiger partial charge in [-0.05, 0) is 37.3 Å². The SMILES string of the molecule is CCN(C(=O)c1ccc([N+](=O)[O-])o1)c1ccc(F)cc1. The van der Waals surface area contributed by atoms with Crippen molar-refractivity contribution in [3.63, 3.8) is 0 Å². The summed E-state index contributed by atoms with van der Waals surface area (Å²) in [6.07, 6.45) is 0. The van der Waals surface area contributed by atoms with Crippen LogP contribution in [0.15, 0.2) is 40.8 Å². The van der Waals surface area contributed by atoms with Crippen LogP contribution in [0.2, 0.25) is 0 Å². The Balaban J connectivity index is 2.28. The topological polar surface area (TPSA) is 76.6 Å². The van der Waals surface area contributed by atoms with Crippen molar-refractivity contribution in [2.75, 3.05) is 11.4 Å². The largest absolute Gasteiger partial charge is 0.433 e. The van der Waals surface area contributed by atoms with Gasteiger partial charge in [-0.2, -0.15) is 0 Å². The number of nitro groups is 1. The second kappa shape index (κ2) is 5.52. The van der Waals surface area contributed by atoms with Gasteiger partial charge >= 0.3 is 5.88 Å². The fraction of sp³-hybridized carbons (Fsp3) is 0.154. The summed E-state index contributed by atoms with van der Waals surface area (Å²) in [5.41, 5.74) is 0.484. The summed E-state index contributed by atoms with van der Waals surface area (Å²) in [5.74, 6) is -1.57. The molecule has 20 heavy (non-hydrogen) atoms. The summed E-state index contributed by atoms with van der Waals surface area (Å²) in [7, 11) is 0. The van der Waals surface area contributed by atoms with Crippen molar-refractivity contribution in [1.29, 1.82) is 0 Å². The van der Waals surface area contributed by atoms with Crippen LogP contribution >= 0.6 is 0 Å². The minimum atomic E-state index is -0.717.